The molecule has 0 saturated carbocycles. The largest absolute Gasteiger partial charge is 0.348 e. The van der Waals surface area contributed by atoms with E-state index in [4.69, 9.17) is 0 Å². The topological polar surface area (TPSA) is 64.7 Å². The number of fused-ring (bicyclic) bond motifs is 1. The van der Waals surface area contributed by atoms with Gasteiger partial charge in [0, 0.05) is 43.3 Å². The van der Waals surface area contributed by atoms with Crippen LogP contribution in [0, 0.1) is 6.92 Å². The normalized spacial score (nSPS) is 17.0. The smallest absolute Gasteiger partial charge is 0.263 e. The van der Waals surface area contributed by atoms with E-state index in [2.05, 4.69) is 15.4 Å². The summed E-state index contributed by atoms with van der Waals surface area (Å²) in [7, 11) is 0. The summed E-state index contributed by atoms with van der Waals surface area (Å²) in [6.45, 7) is 2.73. The Labute approximate surface area is 137 Å². The molecule has 4 rings (SSSR count). The van der Waals surface area contributed by atoms with Crippen LogP contribution in [0.5, 0.6) is 0 Å². The second-order valence-electron chi connectivity index (χ2n) is 5.71. The molecule has 7 heteroatoms. The molecule has 1 amide bonds. The van der Waals surface area contributed by atoms with E-state index in [0.29, 0.717) is 4.88 Å². The summed E-state index contributed by atoms with van der Waals surface area (Å²) < 4.78 is 3.93. The lowest BCUT2D eigenvalue weighted by atomic mass is 10.0. The minimum atomic E-state index is -0.0311. The van der Waals surface area contributed by atoms with Crippen LogP contribution in [-0.4, -0.2) is 31.3 Å². The number of hydrogen-bond acceptors (Lipinski definition) is 4. The highest BCUT2D eigenvalue weighted by Gasteiger charge is 2.23. The highest BCUT2D eigenvalue weighted by molar-refractivity contribution is 7.16. The number of carbonyl (C=O) groups excluding carboxylic acids is 1. The van der Waals surface area contributed by atoms with Gasteiger partial charge in [-0.2, -0.15) is 5.10 Å². The third-order valence-electron chi connectivity index (χ3n) is 4.10. The van der Waals surface area contributed by atoms with Crippen LogP contribution in [0.15, 0.2) is 36.8 Å². The van der Waals surface area contributed by atoms with Gasteiger partial charge in [0.25, 0.3) is 5.91 Å². The van der Waals surface area contributed by atoms with Gasteiger partial charge in [0.15, 0.2) is 5.13 Å². The van der Waals surface area contributed by atoms with Crippen molar-refractivity contribution in [3.63, 3.8) is 0 Å². The average molecular weight is 327 g/mol. The van der Waals surface area contributed by atoms with Crippen LogP contribution in [0.2, 0.25) is 0 Å². The molecule has 3 aromatic heterocycles. The quantitative estimate of drug-likeness (QED) is 0.802. The number of nitrogens with zero attached hydrogens (tertiary/aromatic N) is 4. The maximum atomic E-state index is 12.6. The molecule has 0 aliphatic carbocycles. The molecule has 23 heavy (non-hydrogen) atoms. The monoisotopic (exact) mass is 327 g/mol. The molecule has 1 N–H and O–H groups in total. The highest BCUT2D eigenvalue weighted by atomic mass is 32.1. The molecular weight excluding hydrogens is 310 g/mol. The van der Waals surface area contributed by atoms with E-state index in [-0.39, 0.29) is 11.9 Å². The number of amides is 1. The minimum absolute atomic E-state index is 0.0311. The van der Waals surface area contributed by atoms with Crippen LogP contribution < -0.4 is 5.32 Å². The fourth-order valence-corrected chi connectivity index (χ4v) is 3.84. The molecule has 0 unspecified atom stereocenters. The Kier molecular flexibility index (Phi) is 3.49. The molecule has 1 aliphatic rings. The van der Waals surface area contributed by atoms with Gasteiger partial charge in [0.05, 0.1) is 5.69 Å². The fraction of sp³-hybridized carbons (Fsp3) is 0.312. The Bertz CT molecular complexity index is 833. The summed E-state index contributed by atoms with van der Waals surface area (Å²) in [6.07, 6.45) is 7.41. The standard InChI is InChI=1S/C16H17N5OS/c1-11-14(23-16(18-11)20-7-2-3-8-20)15(22)19-12-5-9-21-13(10-12)4-6-17-21/h2-4,6-8,12H,5,9-10H2,1H3,(H,19,22)/t12-/m0/s1. The first-order chi connectivity index (χ1) is 11.2. The maximum Gasteiger partial charge on any atom is 0.263 e. The summed E-state index contributed by atoms with van der Waals surface area (Å²) >= 11 is 1.42. The summed E-state index contributed by atoms with van der Waals surface area (Å²) in [6, 6.07) is 6.06. The van der Waals surface area contributed by atoms with Gasteiger partial charge in [-0.15, -0.1) is 0 Å². The van der Waals surface area contributed by atoms with E-state index < -0.39 is 0 Å². The van der Waals surface area contributed by atoms with Crippen LogP contribution in [0.25, 0.3) is 5.13 Å². The van der Waals surface area contributed by atoms with Crippen LogP contribution in [0.1, 0.15) is 27.5 Å². The van der Waals surface area contributed by atoms with Gasteiger partial charge in [0.2, 0.25) is 0 Å². The molecule has 1 aliphatic heterocycles. The van der Waals surface area contributed by atoms with E-state index in [0.717, 1.165) is 30.2 Å². The van der Waals surface area contributed by atoms with Gasteiger partial charge < -0.3 is 9.88 Å². The number of aryl methyl sites for hydroxylation is 2. The zero-order chi connectivity index (χ0) is 15.8. The van der Waals surface area contributed by atoms with Crippen molar-refractivity contribution in [3.8, 4) is 5.13 Å². The molecular formula is C16H17N5OS. The first kappa shape index (κ1) is 14.2. The van der Waals surface area contributed by atoms with Crippen LogP contribution in [-0.2, 0) is 13.0 Å². The predicted molar refractivity (Wildman–Crippen MR) is 88.0 cm³/mol. The van der Waals surface area contributed by atoms with Crippen molar-refractivity contribution in [1.82, 2.24) is 24.6 Å². The number of aromatic nitrogens is 4. The Morgan fingerprint density at radius 3 is 3.04 bits per heavy atom. The van der Waals surface area contributed by atoms with Gasteiger partial charge in [0.1, 0.15) is 4.88 Å². The first-order valence-corrected chi connectivity index (χ1v) is 8.44. The third-order valence-corrected chi connectivity index (χ3v) is 5.27. The molecule has 0 spiro atoms. The van der Waals surface area contributed by atoms with E-state index in [1.807, 2.05) is 53.0 Å². The zero-order valence-corrected chi connectivity index (χ0v) is 13.6. The van der Waals surface area contributed by atoms with Gasteiger partial charge in [-0.1, -0.05) is 11.3 Å². The van der Waals surface area contributed by atoms with Gasteiger partial charge in [-0.3, -0.25) is 9.48 Å². The van der Waals surface area contributed by atoms with Crippen molar-refractivity contribution in [2.24, 2.45) is 0 Å². The average Bonchev–Trinajstić information content (AvgIpc) is 3.26. The minimum Gasteiger partial charge on any atom is -0.348 e. The highest BCUT2D eigenvalue weighted by Crippen LogP contribution is 2.22. The molecule has 6 nitrogen and oxygen atoms in total. The molecule has 0 aromatic carbocycles. The predicted octanol–water partition coefficient (Wildman–Crippen LogP) is 2.18. The Hall–Kier alpha value is -2.41. The summed E-state index contributed by atoms with van der Waals surface area (Å²) in [5.74, 6) is -0.0311. The van der Waals surface area contributed by atoms with Crippen molar-refractivity contribution in [2.75, 3.05) is 0 Å². The van der Waals surface area contributed by atoms with Gasteiger partial charge >= 0.3 is 0 Å². The zero-order valence-electron chi connectivity index (χ0n) is 12.8. The fourth-order valence-electron chi connectivity index (χ4n) is 2.91. The second-order valence-corrected chi connectivity index (χ2v) is 6.69. The molecule has 0 saturated heterocycles. The van der Waals surface area contributed by atoms with E-state index in [1.54, 1.807) is 0 Å². The van der Waals surface area contributed by atoms with E-state index >= 15 is 0 Å². The summed E-state index contributed by atoms with van der Waals surface area (Å²) in [4.78, 5) is 17.8. The number of carbonyl (C=O) groups is 1. The van der Waals surface area contributed by atoms with Crippen molar-refractivity contribution < 1.29 is 4.79 Å². The van der Waals surface area contributed by atoms with Crippen molar-refractivity contribution in [1.29, 1.82) is 0 Å². The SMILES string of the molecule is Cc1nc(-n2cccc2)sc1C(=O)N[C@H]1CCn2nccc2C1. The lowest BCUT2D eigenvalue weighted by Gasteiger charge is -2.24. The molecule has 3 aromatic rings. The van der Waals surface area contributed by atoms with Crippen LogP contribution in [0.4, 0.5) is 0 Å². The van der Waals surface area contributed by atoms with Gasteiger partial charge in [-0.05, 0) is 31.5 Å². The Morgan fingerprint density at radius 1 is 1.39 bits per heavy atom. The molecule has 4 heterocycles. The van der Waals surface area contributed by atoms with E-state index in [1.165, 1.54) is 17.0 Å². The summed E-state index contributed by atoms with van der Waals surface area (Å²) in [5, 5.41) is 8.23. The lowest BCUT2D eigenvalue weighted by Crippen LogP contribution is -2.40. The van der Waals surface area contributed by atoms with Crippen LogP contribution >= 0.6 is 11.3 Å². The van der Waals surface area contributed by atoms with Crippen molar-refractivity contribution in [3.05, 3.63) is 53.1 Å². The molecule has 0 fully saturated rings. The molecule has 1 atom stereocenters. The Morgan fingerprint density at radius 2 is 2.22 bits per heavy atom. The number of nitrogens with one attached hydrogen (secondary N) is 1. The summed E-state index contributed by atoms with van der Waals surface area (Å²) in [5.41, 5.74) is 1.95. The molecule has 0 radical (unpaired) electrons. The number of thiazole rings is 1. The second kappa shape index (κ2) is 5.66. The number of hydrogen-bond donors (Lipinski definition) is 1. The molecule has 118 valence electrons. The van der Waals surface area contributed by atoms with Gasteiger partial charge in [-0.25, -0.2) is 4.98 Å². The first-order valence-electron chi connectivity index (χ1n) is 7.63. The van der Waals surface area contributed by atoms with Crippen LogP contribution in [0.3, 0.4) is 0 Å². The maximum absolute atomic E-state index is 12.6. The van der Waals surface area contributed by atoms with E-state index in [9.17, 15) is 4.79 Å². The third kappa shape index (κ3) is 2.68. The van der Waals surface area contributed by atoms with Crippen molar-refractivity contribution >= 4 is 17.2 Å². The Balaban J connectivity index is 1.50. The number of rotatable bonds is 3. The lowest BCUT2D eigenvalue weighted by molar-refractivity contribution is 0.0933. The molecule has 0 bridgehead atoms. The van der Waals surface area contributed by atoms with Crippen molar-refractivity contribution in [2.45, 2.75) is 32.4 Å².